The van der Waals surface area contributed by atoms with Gasteiger partial charge in [-0.25, -0.2) is 17.2 Å². The van der Waals surface area contributed by atoms with Gasteiger partial charge in [0.05, 0.1) is 12.2 Å². The number of benzene rings is 1. The molecule has 0 heterocycles. The van der Waals surface area contributed by atoms with Gasteiger partial charge in [0.1, 0.15) is 23.1 Å². The first kappa shape index (κ1) is 17.5. The van der Waals surface area contributed by atoms with E-state index in [0.717, 1.165) is 10.4 Å². The number of nitrogens with zero attached hydrogens (tertiary/aromatic N) is 1. The molecule has 0 bridgehead atoms. The van der Waals surface area contributed by atoms with Crippen LogP contribution in [0.15, 0.2) is 17.0 Å². The maximum Gasteiger partial charge on any atom is 0.247 e. The van der Waals surface area contributed by atoms with Crippen LogP contribution in [0.25, 0.3) is 0 Å². The zero-order valence-corrected chi connectivity index (χ0v) is 12.1. The first-order valence-electron chi connectivity index (χ1n) is 6.08. The molecule has 1 aromatic rings. The van der Waals surface area contributed by atoms with E-state index in [1.54, 1.807) is 0 Å². The molecule has 8 heteroatoms. The molecule has 0 saturated carbocycles. The topological polar surface area (TPSA) is 77.8 Å². The van der Waals surface area contributed by atoms with Gasteiger partial charge in [-0.1, -0.05) is 18.8 Å². The predicted octanol–water partition coefficient (Wildman–Crippen LogP) is 0.312. The minimum Gasteiger partial charge on any atom is -0.395 e. The molecule has 1 aromatic carbocycles. The van der Waals surface area contributed by atoms with Gasteiger partial charge in [-0.15, -0.1) is 0 Å². The fourth-order valence-electron chi connectivity index (χ4n) is 1.74. The van der Waals surface area contributed by atoms with Gasteiger partial charge in [0.25, 0.3) is 0 Å². The Morgan fingerprint density at radius 1 is 1.29 bits per heavy atom. The van der Waals surface area contributed by atoms with Crippen molar-refractivity contribution in [1.29, 1.82) is 0 Å². The molecule has 0 aromatic heterocycles. The highest BCUT2D eigenvalue weighted by Crippen LogP contribution is 2.24. The lowest BCUT2D eigenvalue weighted by molar-refractivity contribution is 0.256. The number of hydrogen-bond donors (Lipinski definition) is 2. The summed E-state index contributed by atoms with van der Waals surface area (Å²) in [4.78, 5) is -0.764. The molecule has 0 aliphatic heterocycles. The fourth-order valence-corrected chi connectivity index (χ4v) is 3.35. The Kier molecular flexibility index (Phi) is 6.23. The molecular formula is C13H15F2NO4S. The van der Waals surface area contributed by atoms with Gasteiger partial charge in [-0.2, -0.15) is 4.31 Å². The number of aliphatic hydroxyl groups is 2. The van der Waals surface area contributed by atoms with E-state index in [1.165, 1.54) is 6.92 Å². The first-order chi connectivity index (χ1) is 9.88. The van der Waals surface area contributed by atoms with E-state index < -0.39 is 39.8 Å². The maximum atomic E-state index is 13.9. The van der Waals surface area contributed by atoms with Gasteiger partial charge >= 0.3 is 0 Å². The number of hydrogen-bond acceptors (Lipinski definition) is 4. The monoisotopic (exact) mass is 319 g/mol. The SMILES string of the molecule is CCN(CCO)S(=O)(=O)c1c(F)cc(F)cc1C#CCO. The van der Waals surface area contributed by atoms with Crippen LogP contribution in [0.4, 0.5) is 8.78 Å². The van der Waals surface area contributed by atoms with Gasteiger partial charge in [-0.3, -0.25) is 0 Å². The average molecular weight is 319 g/mol. The summed E-state index contributed by atoms with van der Waals surface area (Å²) < 4.78 is 52.8. The van der Waals surface area contributed by atoms with E-state index in [1.807, 2.05) is 0 Å². The molecule has 0 amide bonds. The van der Waals surface area contributed by atoms with Crippen LogP contribution >= 0.6 is 0 Å². The van der Waals surface area contributed by atoms with Gasteiger partial charge in [0.2, 0.25) is 10.0 Å². The number of likely N-dealkylation sites (N-methyl/N-ethyl adjacent to an activating group) is 1. The zero-order chi connectivity index (χ0) is 16.0. The Morgan fingerprint density at radius 3 is 2.48 bits per heavy atom. The quantitative estimate of drug-likeness (QED) is 0.766. The van der Waals surface area contributed by atoms with Crippen LogP contribution in [0.2, 0.25) is 0 Å². The van der Waals surface area contributed by atoms with Gasteiger partial charge in [0.15, 0.2) is 0 Å². The second-order valence-electron chi connectivity index (χ2n) is 3.94. The molecule has 21 heavy (non-hydrogen) atoms. The average Bonchev–Trinajstić information content (AvgIpc) is 2.40. The van der Waals surface area contributed by atoms with Crippen molar-refractivity contribution in [3.05, 3.63) is 29.3 Å². The maximum absolute atomic E-state index is 13.9. The Labute approximate surface area is 121 Å². The van der Waals surface area contributed by atoms with Crippen molar-refractivity contribution in [2.75, 3.05) is 26.3 Å². The number of sulfonamides is 1. The molecule has 0 radical (unpaired) electrons. The molecule has 1 rings (SSSR count). The molecule has 0 unspecified atom stereocenters. The van der Waals surface area contributed by atoms with Gasteiger partial charge < -0.3 is 10.2 Å². The zero-order valence-electron chi connectivity index (χ0n) is 11.3. The van der Waals surface area contributed by atoms with Crippen molar-refractivity contribution in [2.24, 2.45) is 0 Å². The van der Waals surface area contributed by atoms with Crippen molar-refractivity contribution in [2.45, 2.75) is 11.8 Å². The summed E-state index contributed by atoms with van der Waals surface area (Å²) in [6.45, 7) is 0.294. The summed E-state index contributed by atoms with van der Waals surface area (Å²) in [7, 11) is -4.27. The molecule has 0 aliphatic rings. The molecule has 0 saturated heterocycles. The molecule has 0 spiro atoms. The van der Waals surface area contributed by atoms with E-state index in [2.05, 4.69) is 11.8 Å². The minimum absolute atomic E-state index is 0.00653. The number of halogens is 2. The Balaban J connectivity index is 3.53. The standard InChI is InChI=1S/C13H15F2NO4S/c1-2-16(5-7-18)21(19,20)13-10(4-3-6-17)8-11(14)9-12(13)15/h8-9,17-18H,2,5-7H2,1H3. The van der Waals surface area contributed by atoms with Crippen molar-refractivity contribution >= 4 is 10.0 Å². The summed E-state index contributed by atoms with van der Waals surface area (Å²) in [5, 5.41) is 17.5. The summed E-state index contributed by atoms with van der Waals surface area (Å²) in [6.07, 6.45) is 0. The molecule has 2 N–H and O–H groups in total. The lowest BCUT2D eigenvalue weighted by Crippen LogP contribution is -2.34. The third-order valence-corrected chi connectivity index (χ3v) is 4.66. The van der Waals surface area contributed by atoms with Crippen molar-refractivity contribution in [3.63, 3.8) is 0 Å². The summed E-state index contributed by atoms with van der Waals surface area (Å²) in [5.74, 6) is 2.14. The van der Waals surface area contributed by atoms with Crippen molar-refractivity contribution < 1.29 is 27.4 Å². The first-order valence-corrected chi connectivity index (χ1v) is 7.52. The van der Waals surface area contributed by atoms with E-state index in [-0.39, 0.29) is 18.7 Å². The summed E-state index contributed by atoms with van der Waals surface area (Å²) in [5.41, 5.74) is -0.377. The normalized spacial score (nSPS) is 11.3. The van der Waals surface area contributed by atoms with Crippen molar-refractivity contribution in [3.8, 4) is 11.8 Å². The number of rotatable bonds is 5. The number of aliphatic hydroxyl groups excluding tert-OH is 2. The molecule has 0 aliphatic carbocycles. The molecule has 0 fully saturated rings. The third-order valence-electron chi connectivity index (χ3n) is 2.61. The second-order valence-corrected chi connectivity index (χ2v) is 5.82. The third kappa shape index (κ3) is 3.98. The van der Waals surface area contributed by atoms with E-state index in [0.29, 0.717) is 6.07 Å². The second kappa shape index (κ2) is 7.47. The Morgan fingerprint density at radius 2 is 1.95 bits per heavy atom. The summed E-state index contributed by atoms with van der Waals surface area (Å²) >= 11 is 0. The van der Waals surface area contributed by atoms with Crippen LogP contribution in [0.3, 0.4) is 0 Å². The van der Waals surface area contributed by atoms with Crippen molar-refractivity contribution in [1.82, 2.24) is 4.31 Å². The molecule has 5 nitrogen and oxygen atoms in total. The van der Waals surface area contributed by atoms with E-state index >= 15 is 0 Å². The van der Waals surface area contributed by atoms with Crippen LogP contribution in [-0.2, 0) is 10.0 Å². The molecule has 116 valence electrons. The van der Waals surface area contributed by atoms with Crippen LogP contribution in [0, 0.1) is 23.5 Å². The smallest absolute Gasteiger partial charge is 0.247 e. The van der Waals surface area contributed by atoms with Crippen LogP contribution in [-0.4, -0.2) is 49.2 Å². The molecular weight excluding hydrogens is 304 g/mol. The van der Waals surface area contributed by atoms with Gasteiger partial charge in [0, 0.05) is 19.2 Å². The highest BCUT2D eigenvalue weighted by Gasteiger charge is 2.29. The Hall–Kier alpha value is -1.53. The minimum atomic E-state index is -4.27. The molecule has 0 atom stereocenters. The van der Waals surface area contributed by atoms with Crippen LogP contribution in [0.5, 0.6) is 0 Å². The lowest BCUT2D eigenvalue weighted by atomic mass is 10.2. The fraction of sp³-hybridized carbons (Fsp3) is 0.385. The summed E-state index contributed by atoms with van der Waals surface area (Å²) in [6, 6.07) is 1.23. The largest absolute Gasteiger partial charge is 0.395 e. The highest BCUT2D eigenvalue weighted by atomic mass is 32.2. The predicted molar refractivity (Wildman–Crippen MR) is 71.8 cm³/mol. The van der Waals surface area contributed by atoms with Gasteiger partial charge in [-0.05, 0) is 6.07 Å². The van der Waals surface area contributed by atoms with Crippen LogP contribution in [0.1, 0.15) is 12.5 Å². The van der Waals surface area contributed by atoms with E-state index in [4.69, 9.17) is 10.2 Å². The highest BCUT2D eigenvalue weighted by molar-refractivity contribution is 7.89. The lowest BCUT2D eigenvalue weighted by Gasteiger charge is -2.20. The Bertz CT molecular complexity index is 665. The van der Waals surface area contributed by atoms with Crippen LogP contribution < -0.4 is 0 Å². The van der Waals surface area contributed by atoms with E-state index in [9.17, 15) is 17.2 Å².